The quantitative estimate of drug-likeness (QED) is 0.408. The summed E-state index contributed by atoms with van der Waals surface area (Å²) >= 11 is 0. The van der Waals surface area contributed by atoms with Gasteiger partial charge in [0.05, 0.1) is 0 Å². The number of amides is 2. The van der Waals surface area contributed by atoms with Gasteiger partial charge in [0.2, 0.25) is 0 Å². The molecule has 34 heavy (non-hydrogen) atoms. The van der Waals surface area contributed by atoms with Crippen molar-refractivity contribution in [2.75, 3.05) is 6.54 Å². The van der Waals surface area contributed by atoms with Crippen LogP contribution in [0.15, 0.2) is 65.7 Å². The standard InChI is InChI=1S/C27H30N2O5/c1-3-28-27(33)34-29-23(30)17-9-5-8-14-20(19-12-6-4-7-13-19)24-18(2)25(31)21-15-10-11-16-22(21)26(24)32/h4,6-7,10-13,15-16,20H,3,5,8-9,14,17H2,1-2H3,(H,28,33)(H,29,30). The summed E-state index contributed by atoms with van der Waals surface area (Å²) in [5.41, 5.74) is 5.09. The van der Waals surface area contributed by atoms with E-state index in [0.717, 1.165) is 18.4 Å². The minimum Gasteiger partial charge on any atom is -0.322 e. The molecule has 0 saturated carbocycles. The minimum atomic E-state index is -0.696. The van der Waals surface area contributed by atoms with E-state index in [0.29, 0.717) is 41.7 Å². The van der Waals surface area contributed by atoms with E-state index in [1.165, 1.54) is 0 Å². The fourth-order valence-electron chi connectivity index (χ4n) is 4.25. The molecule has 7 nitrogen and oxygen atoms in total. The van der Waals surface area contributed by atoms with Crippen molar-refractivity contribution >= 4 is 23.6 Å². The molecule has 1 aliphatic carbocycles. The Morgan fingerprint density at radius 2 is 1.53 bits per heavy atom. The second kappa shape index (κ2) is 11.9. The number of unbranched alkanes of at least 4 members (excludes halogenated alkanes) is 2. The first-order chi connectivity index (χ1) is 16.4. The van der Waals surface area contributed by atoms with Crippen LogP contribution in [0.1, 0.15) is 78.1 Å². The van der Waals surface area contributed by atoms with Gasteiger partial charge in [-0.3, -0.25) is 14.4 Å². The Morgan fingerprint density at radius 1 is 0.882 bits per heavy atom. The summed E-state index contributed by atoms with van der Waals surface area (Å²) in [6, 6.07) is 16.7. The molecule has 0 fully saturated rings. The Bertz CT molecular complexity index is 1090. The van der Waals surface area contributed by atoms with E-state index in [1.54, 1.807) is 38.1 Å². The van der Waals surface area contributed by atoms with E-state index < -0.39 is 6.09 Å². The lowest BCUT2D eigenvalue weighted by atomic mass is 9.75. The molecule has 2 amide bonds. The van der Waals surface area contributed by atoms with Gasteiger partial charge in [-0.25, -0.2) is 4.79 Å². The minimum absolute atomic E-state index is 0.0940. The van der Waals surface area contributed by atoms with Crippen LogP contribution < -0.4 is 10.8 Å². The molecule has 2 aromatic rings. The number of fused-ring (bicyclic) bond motifs is 1. The fourth-order valence-corrected chi connectivity index (χ4v) is 4.25. The fraction of sp³-hybridized carbons (Fsp3) is 0.333. The number of allylic oxidation sites excluding steroid dienone is 2. The summed E-state index contributed by atoms with van der Waals surface area (Å²) in [6.45, 7) is 3.90. The summed E-state index contributed by atoms with van der Waals surface area (Å²) in [4.78, 5) is 54.1. The van der Waals surface area contributed by atoms with Gasteiger partial charge in [0.1, 0.15) is 0 Å². The molecule has 178 valence electrons. The first-order valence-corrected chi connectivity index (χ1v) is 11.6. The van der Waals surface area contributed by atoms with E-state index in [4.69, 9.17) is 0 Å². The Kier molecular flexibility index (Phi) is 8.73. The molecular weight excluding hydrogens is 432 g/mol. The van der Waals surface area contributed by atoms with E-state index in [-0.39, 0.29) is 29.8 Å². The third-order valence-electron chi connectivity index (χ3n) is 5.93. The van der Waals surface area contributed by atoms with Gasteiger partial charge in [0.15, 0.2) is 11.6 Å². The van der Waals surface area contributed by atoms with E-state index >= 15 is 0 Å². The van der Waals surface area contributed by atoms with Crippen molar-refractivity contribution in [1.29, 1.82) is 0 Å². The summed E-state index contributed by atoms with van der Waals surface area (Å²) in [6.07, 6.45) is 2.34. The number of hydrogen-bond acceptors (Lipinski definition) is 5. The zero-order valence-electron chi connectivity index (χ0n) is 19.6. The largest absolute Gasteiger partial charge is 0.431 e. The monoisotopic (exact) mass is 462 g/mol. The number of ketones is 2. The number of carbonyl (C=O) groups is 4. The van der Waals surface area contributed by atoms with Crippen LogP contribution in [0, 0.1) is 0 Å². The summed E-state index contributed by atoms with van der Waals surface area (Å²) in [5, 5.41) is 2.42. The van der Waals surface area contributed by atoms with Crippen molar-refractivity contribution in [2.24, 2.45) is 0 Å². The van der Waals surface area contributed by atoms with Gasteiger partial charge in [-0.15, -0.1) is 0 Å². The number of hydrogen-bond donors (Lipinski definition) is 2. The molecular formula is C27H30N2O5. The lowest BCUT2D eigenvalue weighted by molar-refractivity contribution is -0.129. The van der Waals surface area contributed by atoms with Crippen molar-refractivity contribution in [3.8, 4) is 0 Å². The van der Waals surface area contributed by atoms with Crippen LogP contribution in [0.5, 0.6) is 0 Å². The first kappa shape index (κ1) is 24.9. The highest BCUT2D eigenvalue weighted by Gasteiger charge is 2.34. The Balaban J connectivity index is 1.65. The second-order valence-electron chi connectivity index (χ2n) is 8.25. The van der Waals surface area contributed by atoms with Gasteiger partial charge in [-0.1, -0.05) is 67.4 Å². The number of Topliss-reactive ketones (excluding diaryl/α,β-unsaturated/α-hetero) is 2. The number of benzene rings is 2. The average molecular weight is 463 g/mol. The van der Waals surface area contributed by atoms with Crippen molar-refractivity contribution < 1.29 is 24.0 Å². The van der Waals surface area contributed by atoms with Crippen molar-refractivity contribution in [1.82, 2.24) is 10.8 Å². The summed E-state index contributed by atoms with van der Waals surface area (Å²) in [5.74, 6) is -0.770. The molecule has 0 radical (unpaired) electrons. The molecule has 0 spiro atoms. The van der Waals surface area contributed by atoms with Crippen LogP contribution >= 0.6 is 0 Å². The van der Waals surface area contributed by atoms with E-state index in [1.807, 2.05) is 30.3 Å². The maximum Gasteiger partial charge on any atom is 0.431 e. The highest BCUT2D eigenvalue weighted by molar-refractivity contribution is 6.27. The van der Waals surface area contributed by atoms with Crippen LogP contribution in [0.25, 0.3) is 0 Å². The Hall–Kier alpha value is -3.74. The summed E-state index contributed by atoms with van der Waals surface area (Å²) in [7, 11) is 0. The van der Waals surface area contributed by atoms with Crippen molar-refractivity contribution in [3.05, 3.63) is 82.4 Å². The molecule has 7 heteroatoms. The first-order valence-electron chi connectivity index (χ1n) is 11.6. The van der Waals surface area contributed by atoms with Gasteiger partial charge in [-0.2, -0.15) is 5.48 Å². The highest BCUT2D eigenvalue weighted by Crippen LogP contribution is 2.38. The zero-order chi connectivity index (χ0) is 24.5. The smallest absolute Gasteiger partial charge is 0.322 e. The maximum absolute atomic E-state index is 13.4. The normalized spacial score (nSPS) is 13.8. The van der Waals surface area contributed by atoms with Crippen LogP contribution in [-0.4, -0.2) is 30.1 Å². The number of nitrogens with one attached hydrogen (secondary N) is 2. The van der Waals surface area contributed by atoms with Gasteiger partial charge in [0.25, 0.3) is 5.91 Å². The van der Waals surface area contributed by atoms with Gasteiger partial charge >= 0.3 is 6.09 Å². The van der Waals surface area contributed by atoms with Gasteiger partial charge in [-0.05, 0) is 32.3 Å². The van der Waals surface area contributed by atoms with Crippen LogP contribution in [0.4, 0.5) is 4.79 Å². The van der Waals surface area contributed by atoms with Crippen LogP contribution in [0.2, 0.25) is 0 Å². The molecule has 1 unspecified atom stereocenters. The van der Waals surface area contributed by atoms with Crippen molar-refractivity contribution in [2.45, 2.75) is 51.9 Å². The molecule has 1 aliphatic rings. The number of hydroxylamine groups is 1. The average Bonchev–Trinajstić information content (AvgIpc) is 2.85. The molecule has 0 heterocycles. The van der Waals surface area contributed by atoms with E-state index in [9.17, 15) is 19.2 Å². The van der Waals surface area contributed by atoms with Gasteiger partial charge in [0, 0.05) is 41.2 Å². The lowest BCUT2D eigenvalue weighted by Crippen LogP contribution is -2.33. The molecule has 0 saturated heterocycles. The van der Waals surface area contributed by atoms with Crippen LogP contribution in [0.3, 0.4) is 0 Å². The number of carbonyl (C=O) groups excluding carboxylic acids is 4. The zero-order valence-corrected chi connectivity index (χ0v) is 19.6. The third-order valence-corrected chi connectivity index (χ3v) is 5.93. The molecule has 1 atom stereocenters. The maximum atomic E-state index is 13.4. The molecule has 3 rings (SSSR count). The number of rotatable bonds is 9. The SMILES string of the molecule is CCNC(=O)ONC(=O)CCCCCC(C1=C(C)C(=O)c2ccccc2C1=O)c1ccccc1. The summed E-state index contributed by atoms with van der Waals surface area (Å²) < 4.78 is 0. The second-order valence-corrected chi connectivity index (χ2v) is 8.25. The Morgan fingerprint density at radius 3 is 2.21 bits per heavy atom. The van der Waals surface area contributed by atoms with Crippen LogP contribution in [-0.2, 0) is 9.63 Å². The Labute approximate surface area is 199 Å². The molecule has 2 aromatic carbocycles. The van der Waals surface area contributed by atoms with E-state index in [2.05, 4.69) is 15.6 Å². The predicted octanol–water partition coefficient (Wildman–Crippen LogP) is 4.89. The van der Waals surface area contributed by atoms with Crippen molar-refractivity contribution in [3.63, 3.8) is 0 Å². The third kappa shape index (κ3) is 5.98. The highest BCUT2D eigenvalue weighted by atomic mass is 16.7. The molecule has 0 bridgehead atoms. The topological polar surface area (TPSA) is 102 Å². The molecule has 0 aromatic heterocycles. The molecule has 2 N–H and O–H groups in total. The lowest BCUT2D eigenvalue weighted by Gasteiger charge is -2.26. The predicted molar refractivity (Wildman–Crippen MR) is 128 cm³/mol. The van der Waals surface area contributed by atoms with Gasteiger partial charge < -0.3 is 10.2 Å². The molecule has 0 aliphatic heterocycles.